The lowest BCUT2D eigenvalue weighted by atomic mass is 9.99. The van der Waals surface area contributed by atoms with E-state index < -0.39 is 0 Å². The van der Waals surface area contributed by atoms with Gasteiger partial charge in [0.2, 0.25) is 0 Å². The predicted molar refractivity (Wildman–Crippen MR) is 145 cm³/mol. The first-order valence-electron chi connectivity index (χ1n) is 12.1. The van der Waals surface area contributed by atoms with Crippen molar-refractivity contribution in [2.24, 2.45) is 0 Å². The second-order valence-electron chi connectivity index (χ2n) is 8.57. The Morgan fingerprint density at radius 1 is 1.11 bits per heavy atom. The number of morpholine rings is 1. The number of benzene rings is 1. The molecule has 186 valence electrons. The van der Waals surface area contributed by atoms with E-state index in [2.05, 4.69) is 11.9 Å². The lowest BCUT2D eigenvalue weighted by molar-refractivity contribution is -0.104. The van der Waals surface area contributed by atoms with Gasteiger partial charge in [-0.1, -0.05) is 48.6 Å². The molecule has 1 saturated heterocycles. The van der Waals surface area contributed by atoms with E-state index in [4.69, 9.17) is 4.74 Å². The van der Waals surface area contributed by atoms with E-state index in [-0.39, 0.29) is 5.91 Å². The SMILES string of the molecule is C=C(/C=C/c1ccc(C(=O)N2CCOCC2)cc1)/C=C(\C=C/C)C(/C)=C/C(C=O)=C(\C)CCNC. The molecule has 0 radical (unpaired) electrons. The van der Waals surface area contributed by atoms with Crippen LogP contribution in [0.5, 0.6) is 0 Å². The van der Waals surface area contributed by atoms with Gasteiger partial charge in [-0.3, -0.25) is 9.59 Å². The third-order valence-electron chi connectivity index (χ3n) is 5.83. The van der Waals surface area contributed by atoms with E-state index in [0.717, 1.165) is 47.1 Å². The Hall–Kier alpha value is -3.28. The molecule has 1 aliphatic rings. The maximum Gasteiger partial charge on any atom is 0.254 e. The van der Waals surface area contributed by atoms with Crippen LogP contribution in [0.3, 0.4) is 0 Å². The molecule has 5 nitrogen and oxygen atoms in total. The summed E-state index contributed by atoms with van der Waals surface area (Å²) in [5.41, 5.74) is 6.27. The van der Waals surface area contributed by atoms with Crippen LogP contribution in [0.2, 0.25) is 0 Å². The Morgan fingerprint density at radius 3 is 2.40 bits per heavy atom. The van der Waals surface area contributed by atoms with Gasteiger partial charge in [0.05, 0.1) is 13.2 Å². The number of carbonyl (C=O) groups excluding carboxylic acids is 2. The molecular weight excluding hydrogens is 436 g/mol. The van der Waals surface area contributed by atoms with Crippen LogP contribution in [0.15, 0.2) is 89.1 Å². The highest BCUT2D eigenvalue weighted by atomic mass is 16.5. The summed E-state index contributed by atoms with van der Waals surface area (Å²) in [7, 11) is 1.90. The molecule has 0 aromatic heterocycles. The molecule has 1 heterocycles. The molecule has 0 spiro atoms. The molecule has 1 aromatic rings. The topological polar surface area (TPSA) is 58.6 Å². The van der Waals surface area contributed by atoms with Gasteiger partial charge in [-0.15, -0.1) is 0 Å². The molecule has 0 bridgehead atoms. The van der Waals surface area contributed by atoms with E-state index in [9.17, 15) is 9.59 Å². The van der Waals surface area contributed by atoms with Gasteiger partial charge in [-0.05, 0) is 87.4 Å². The first-order valence-corrected chi connectivity index (χ1v) is 12.1. The van der Waals surface area contributed by atoms with Crippen molar-refractivity contribution >= 4 is 18.3 Å². The van der Waals surface area contributed by atoms with Gasteiger partial charge in [0.15, 0.2) is 0 Å². The van der Waals surface area contributed by atoms with Crippen molar-refractivity contribution < 1.29 is 14.3 Å². The number of amides is 1. The number of hydrogen-bond acceptors (Lipinski definition) is 4. The van der Waals surface area contributed by atoms with Gasteiger partial charge in [0, 0.05) is 24.2 Å². The van der Waals surface area contributed by atoms with Gasteiger partial charge < -0.3 is 15.0 Å². The van der Waals surface area contributed by atoms with Crippen LogP contribution in [-0.2, 0) is 9.53 Å². The maximum atomic E-state index is 12.6. The number of hydrogen-bond donors (Lipinski definition) is 1. The van der Waals surface area contributed by atoms with Crippen LogP contribution >= 0.6 is 0 Å². The number of aldehydes is 1. The fraction of sp³-hybridized carbons (Fsp3) is 0.333. The zero-order chi connectivity index (χ0) is 25.6. The van der Waals surface area contributed by atoms with Crippen molar-refractivity contribution in [3.63, 3.8) is 0 Å². The Bertz CT molecular complexity index is 1030. The summed E-state index contributed by atoms with van der Waals surface area (Å²) in [4.78, 5) is 26.1. The lowest BCUT2D eigenvalue weighted by Crippen LogP contribution is -2.40. The fourth-order valence-electron chi connectivity index (χ4n) is 3.64. The zero-order valence-electron chi connectivity index (χ0n) is 21.5. The normalized spacial score (nSPS) is 16.1. The fourth-order valence-corrected chi connectivity index (χ4v) is 3.64. The van der Waals surface area contributed by atoms with Crippen LogP contribution in [0, 0.1) is 0 Å². The quantitative estimate of drug-likeness (QED) is 0.269. The first-order chi connectivity index (χ1) is 16.9. The van der Waals surface area contributed by atoms with Crippen molar-refractivity contribution in [3.05, 3.63) is 100 Å². The van der Waals surface area contributed by atoms with Crippen molar-refractivity contribution in [3.8, 4) is 0 Å². The van der Waals surface area contributed by atoms with Gasteiger partial charge in [-0.25, -0.2) is 0 Å². The summed E-state index contributed by atoms with van der Waals surface area (Å²) in [5.74, 6) is 0.0411. The molecule has 0 saturated carbocycles. The molecule has 0 aliphatic carbocycles. The van der Waals surface area contributed by atoms with E-state index in [1.54, 1.807) is 0 Å². The number of ether oxygens (including phenoxy) is 1. The average molecular weight is 475 g/mol. The van der Waals surface area contributed by atoms with E-state index in [1.807, 2.05) is 93.4 Å². The maximum absolute atomic E-state index is 12.6. The monoisotopic (exact) mass is 474 g/mol. The molecule has 0 unspecified atom stereocenters. The van der Waals surface area contributed by atoms with Crippen LogP contribution in [0.4, 0.5) is 0 Å². The van der Waals surface area contributed by atoms with Crippen molar-refractivity contribution in [2.75, 3.05) is 39.9 Å². The van der Waals surface area contributed by atoms with Crippen LogP contribution < -0.4 is 5.32 Å². The number of nitrogens with one attached hydrogen (secondary N) is 1. The minimum absolute atomic E-state index is 0.0411. The van der Waals surface area contributed by atoms with Crippen LogP contribution in [0.1, 0.15) is 43.1 Å². The molecule has 2 rings (SSSR count). The number of nitrogens with zero attached hydrogens (tertiary/aromatic N) is 1. The third kappa shape index (κ3) is 9.12. The zero-order valence-corrected chi connectivity index (χ0v) is 21.5. The average Bonchev–Trinajstić information content (AvgIpc) is 2.89. The lowest BCUT2D eigenvalue weighted by Gasteiger charge is -2.26. The summed E-state index contributed by atoms with van der Waals surface area (Å²) in [6.45, 7) is 13.4. The second-order valence-corrected chi connectivity index (χ2v) is 8.57. The summed E-state index contributed by atoms with van der Waals surface area (Å²) < 4.78 is 5.32. The highest BCUT2D eigenvalue weighted by molar-refractivity contribution is 5.94. The first kappa shape index (κ1) is 28.0. The standard InChI is InChI=1S/C30H38N2O3/c1-6-7-28(25(4)21-29(22-33)24(3)14-15-31-5)20-23(2)8-9-26-10-12-27(13-11-26)30(34)32-16-18-35-19-17-32/h6-13,20-22,31H,2,14-19H2,1,3-5H3/b7-6-,9-8+,25-21+,28-20+,29-24-. The Labute approximate surface area is 210 Å². The summed E-state index contributed by atoms with van der Waals surface area (Å²) in [6, 6.07) is 7.60. The van der Waals surface area contributed by atoms with Crippen molar-refractivity contribution in [2.45, 2.75) is 27.2 Å². The summed E-state index contributed by atoms with van der Waals surface area (Å²) in [5, 5.41) is 3.12. The molecule has 0 atom stereocenters. The largest absolute Gasteiger partial charge is 0.378 e. The van der Waals surface area contributed by atoms with Crippen LogP contribution in [-0.4, -0.2) is 57.0 Å². The predicted octanol–water partition coefficient (Wildman–Crippen LogP) is 5.30. The van der Waals surface area contributed by atoms with E-state index in [0.29, 0.717) is 37.4 Å². The minimum atomic E-state index is 0.0411. The van der Waals surface area contributed by atoms with Gasteiger partial charge in [0.25, 0.3) is 5.91 Å². The number of rotatable bonds is 11. The van der Waals surface area contributed by atoms with Crippen LogP contribution in [0.25, 0.3) is 6.08 Å². The molecule has 5 heteroatoms. The molecule has 1 aliphatic heterocycles. The number of allylic oxidation sites excluding steroid dienone is 9. The molecule has 1 amide bonds. The van der Waals surface area contributed by atoms with Gasteiger partial charge in [-0.2, -0.15) is 0 Å². The van der Waals surface area contributed by atoms with E-state index in [1.165, 1.54) is 0 Å². The molecule has 1 N–H and O–H groups in total. The second kappa shape index (κ2) is 14.9. The summed E-state index contributed by atoms with van der Waals surface area (Å²) >= 11 is 0. The van der Waals surface area contributed by atoms with Crippen molar-refractivity contribution in [1.29, 1.82) is 0 Å². The van der Waals surface area contributed by atoms with Gasteiger partial charge >= 0.3 is 0 Å². The smallest absolute Gasteiger partial charge is 0.254 e. The van der Waals surface area contributed by atoms with Crippen molar-refractivity contribution in [1.82, 2.24) is 10.2 Å². The highest BCUT2D eigenvalue weighted by Gasteiger charge is 2.18. The molecular formula is C30H38N2O3. The minimum Gasteiger partial charge on any atom is -0.378 e. The third-order valence-corrected chi connectivity index (χ3v) is 5.83. The molecule has 35 heavy (non-hydrogen) atoms. The Morgan fingerprint density at radius 2 is 1.80 bits per heavy atom. The van der Waals surface area contributed by atoms with E-state index >= 15 is 0 Å². The highest BCUT2D eigenvalue weighted by Crippen LogP contribution is 2.19. The Kier molecular flexibility index (Phi) is 11.9. The number of carbonyl (C=O) groups is 2. The molecule has 1 aromatic carbocycles. The Balaban J connectivity index is 2.13. The summed E-state index contributed by atoms with van der Waals surface area (Å²) in [6.07, 6.45) is 13.6. The van der Waals surface area contributed by atoms with Gasteiger partial charge in [0.1, 0.15) is 6.29 Å². The molecule has 1 fully saturated rings.